The van der Waals surface area contributed by atoms with Crippen molar-refractivity contribution in [3.63, 3.8) is 0 Å². The normalized spacial score (nSPS) is 11.5. The molecule has 1 unspecified atom stereocenters. The van der Waals surface area contributed by atoms with Gasteiger partial charge in [-0.1, -0.05) is 41.9 Å². The second kappa shape index (κ2) is 11.2. The molecule has 2 amide bonds. The van der Waals surface area contributed by atoms with E-state index in [0.29, 0.717) is 12.2 Å². The maximum atomic E-state index is 12.2. The van der Waals surface area contributed by atoms with Gasteiger partial charge in [0.2, 0.25) is 0 Å². The lowest BCUT2D eigenvalue weighted by Crippen LogP contribution is -2.23. The predicted molar refractivity (Wildman–Crippen MR) is 132 cm³/mol. The van der Waals surface area contributed by atoms with Gasteiger partial charge in [0.1, 0.15) is 11.9 Å². The number of hydrogen-bond donors (Lipinski definition) is 2. The molecule has 1 heterocycles. The summed E-state index contributed by atoms with van der Waals surface area (Å²) in [6.45, 7) is 0.688. The molecule has 4 rings (SSSR count). The Hall–Kier alpha value is -3.77. The summed E-state index contributed by atoms with van der Waals surface area (Å²) in [5.74, 6) is 0.741. The molecule has 1 atom stereocenters. The number of hydrogen-bond acceptors (Lipinski definition) is 3. The van der Waals surface area contributed by atoms with Crippen molar-refractivity contribution >= 4 is 29.0 Å². The van der Waals surface area contributed by atoms with E-state index in [1.807, 2.05) is 89.6 Å². The highest BCUT2D eigenvalue weighted by molar-refractivity contribution is 6.30. The van der Waals surface area contributed by atoms with Crippen LogP contribution in [0, 0.1) is 0 Å². The summed E-state index contributed by atoms with van der Waals surface area (Å²) in [7, 11) is 0. The number of amides is 2. The predicted octanol–water partition coefficient (Wildman–Crippen LogP) is 6.26. The number of carbonyl (C=O) groups is 1. The summed E-state index contributed by atoms with van der Waals surface area (Å²) in [5, 5.41) is 6.36. The number of ether oxygens (including phenoxy) is 1. The maximum Gasteiger partial charge on any atom is 0.323 e. The van der Waals surface area contributed by atoms with Crippen LogP contribution in [0.1, 0.15) is 12.0 Å². The van der Waals surface area contributed by atoms with Gasteiger partial charge in [0.15, 0.2) is 0 Å². The molecule has 0 spiro atoms. The highest BCUT2D eigenvalue weighted by Gasteiger charge is 2.13. The minimum atomic E-state index is -0.296. The fourth-order valence-electron chi connectivity index (χ4n) is 3.42. The van der Waals surface area contributed by atoms with E-state index < -0.39 is 0 Å². The van der Waals surface area contributed by atoms with Crippen LogP contribution in [0.2, 0.25) is 5.02 Å². The number of anilines is 2. The van der Waals surface area contributed by atoms with Crippen LogP contribution >= 0.6 is 11.6 Å². The van der Waals surface area contributed by atoms with Gasteiger partial charge in [0.05, 0.1) is 12.9 Å². The molecule has 1 aromatic heterocycles. The fourth-order valence-corrected chi connectivity index (χ4v) is 3.55. The zero-order valence-electron chi connectivity index (χ0n) is 18.0. The summed E-state index contributed by atoms with van der Waals surface area (Å²) < 4.78 is 8.30. The number of nitrogens with zero attached hydrogens (tertiary/aromatic N) is 2. The molecule has 0 aliphatic heterocycles. The first-order valence-corrected chi connectivity index (χ1v) is 11.1. The van der Waals surface area contributed by atoms with Crippen LogP contribution in [0.4, 0.5) is 16.2 Å². The summed E-state index contributed by atoms with van der Waals surface area (Å²) >= 11 is 6.00. The van der Waals surface area contributed by atoms with E-state index in [1.54, 1.807) is 12.5 Å². The Kier molecular flexibility index (Phi) is 7.61. The number of rotatable bonds is 9. The van der Waals surface area contributed by atoms with Gasteiger partial charge in [-0.15, -0.1) is 0 Å². The summed E-state index contributed by atoms with van der Waals surface area (Å²) in [4.78, 5) is 16.3. The van der Waals surface area contributed by atoms with Crippen molar-refractivity contribution in [3.05, 3.63) is 108 Å². The van der Waals surface area contributed by atoms with Crippen LogP contribution in [-0.2, 0) is 13.0 Å². The maximum absolute atomic E-state index is 12.2. The zero-order valence-corrected chi connectivity index (χ0v) is 18.8. The number of urea groups is 1. The topological polar surface area (TPSA) is 68.2 Å². The molecule has 0 radical (unpaired) electrons. The van der Waals surface area contributed by atoms with Gasteiger partial charge in [-0.2, -0.15) is 0 Å². The Morgan fingerprint density at radius 3 is 2.30 bits per heavy atom. The van der Waals surface area contributed by atoms with Gasteiger partial charge < -0.3 is 19.9 Å². The van der Waals surface area contributed by atoms with E-state index >= 15 is 0 Å². The Morgan fingerprint density at radius 1 is 0.939 bits per heavy atom. The molecular weight excluding hydrogens is 436 g/mol. The monoisotopic (exact) mass is 460 g/mol. The number of nitrogens with one attached hydrogen (secondary N) is 2. The Morgan fingerprint density at radius 2 is 1.64 bits per heavy atom. The molecule has 4 aromatic rings. The third kappa shape index (κ3) is 7.12. The Balaban J connectivity index is 1.35. The quantitative estimate of drug-likeness (QED) is 0.309. The van der Waals surface area contributed by atoms with Crippen LogP contribution in [0.15, 0.2) is 97.6 Å². The van der Waals surface area contributed by atoms with E-state index in [9.17, 15) is 4.79 Å². The molecule has 0 aliphatic rings. The van der Waals surface area contributed by atoms with Gasteiger partial charge in [-0.25, -0.2) is 9.78 Å². The SMILES string of the molecule is O=C(Nc1ccccc1)Nc1ccc(OC(CCc2ccc(Cl)cc2)Cn2ccnc2)cc1. The van der Waals surface area contributed by atoms with Crippen LogP contribution in [0.5, 0.6) is 5.75 Å². The summed E-state index contributed by atoms with van der Waals surface area (Å²) in [5.41, 5.74) is 2.63. The van der Waals surface area contributed by atoms with Crippen molar-refractivity contribution in [2.75, 3.05) is 10.6 Å². The van der Waals surface area contributed by atoms with Crippen LogP contribution in [0.3, 0.4) is 0 Å². The Bertz CT molecular complexity index is 1130. The minimum Gasteiger partial charge on any atom is -0.489 e. The van der Waals surface area contributed by atoms with Crippen molar-refractivity contribution in [2.24, 2.45) is 0 Å². The van der Waals surface area contributed by atoms with E-state index in [-0.39, 0.29) is 12.1 Å². The first-order valence-electron chi connectivity index (χ1n) is 10.7. The van der Waals surface area contributed by atoms with Crippen molar-refractivity contribution in [1.82, 2.24) is 9.55 Å². The van der Waals surface area contributed by atoms with E-state index in [4.69, 9.17) is 16.3 Å². The first kappa shape index (κ1) is 22.4. The van der Waals surface area contributed by atoms with E-state index in [2.05, 4.69) is 15.6 Å². The molecule has 168 valence electrons. The first-order chi connectivity index (χ1) is 16.1. The van der Waals surface area contributed by atoms with Gasteiger partial charge in [0.25, 0.3) is 0 Å². The lowest BCUT2D eigenvalue weighted by atomic mass is 10.1. The number of aromatic nitrogens is 2. The standard InChI is InChI=1S/C26H25ClN4O2/c27-21-9-6-20(7-10-21)8-13-25(18-31-17-16-28-19-31)33-24-14-11-23(12-15-24)30-26(32)29-22-4-2-1-3-5-22/h1-7,9-12,14-17,19,25H,8,13,18H2,(H2,29,30,32). The second-order valence-electron chi connectivity index (χ2n) is 7.63. The average molecular weight is 461 g/mol. The van der Waals surface area contributed by atoms with E-state index in [0.717, 1.165) is 29.3 Å². The summed E-state index contributed by atoms with van der Waals surface area (Å²) in [6.07, 6.45) is 7.13. The molecule has 0 saturated carbocycles. The van der Waals surface area contributed by atoms with Crippen molar-refractivity contribution in [2.45, 2.75) is 25.5 Å². The molecular formula is C26H25ClN4O2. The third-order valence-corrected chi connectivity index (χ3v) is 5.34. The average Bonchev–Trinajstić information content (AvgIpc) is 3.33. The largest absolute Gasteiger partial charge is 0.489 e. The smallest absolute Gasteiger partial charge is 0.323 e. The number of carbonyl (C=O) groups excluding carboxylic acids is 1. The number of halogens is 1. The number of imidazole rings is 1. The van der Waals surface area contributed by atoms with Gasteiger partial charge in [-0.05, 0) is 66.9 Å². The van der Waals surface area contributed by atoms with Gasteiger partial charge in [-0.3, -0.25) is 0 Å². The molecule has 33 heavy (non-hydrogen) atoms. The molecule has 0 aliphatic carbocycles. The number of benzene rings is 3. The van der Waals surface area contributed by atoms with Crippen molar-refractivity contribution in [3.8, 4) is 5.75 Å². The number of para-hydroxylation sites is 1. The fraction of sp³-hybridized carbons (Fsp3) is 0.154. The van der Waals surface area contributed by atoms with Crippen LogP contribution < -0.4 is 15.4 Å². The molecule has 7 heteroatoms. The molecule has 0 fully saturated rings. The lowest BCUT2D eigenvalue weighted by Gasteiger charge is -2.20. The highest BCUT2D eigenvalue weighted by atomic mass is 35.5. The van der Waals surface area contributed by atoms with Crippen molar-refractivity contribution in [1.29, 1.82) is 0 Å². The Labute approximate surface area is 198 Å². The van der Waals surface area contributed by atoms with Gasteiger partial charge >= 0.3 is 6.03 Å². The molecule has 6 nitrogen and oxygen atoms in total. The summed E-state index contributed by atoms with van der Waals surface area (Å²) in [6, 6.07) is 24.3. The molecule has 2 N–H and O–H groups in total. The van der Waals surface area contributed by atoms with Crippen molar-refractivity contribution < 1.29 is 9.53 Å². The zero-order chi connectivity index (χ0) is 22.9. The van der Waals surface area contributed by atoms with Gasteiger partial charge in [0, 0.05) is 28.8 Å². The van der Waals surface area contributed by atoms with E-state index in [1.165, 1.54) is 5.56 Å². The highest BCUT2D eigenvalue weighted by Crippen LogP contribution is 2.20. The minimum absolute atomic E-state index is 0.0462. The van der Waals surface area contributed by atoms with Crippen LogP contribution in [-0.4, -0.2) is 21.7 Å². The lowest BCUT2D eigenvalue weighted by molar-refractivity contribution is 0.170. The third-order valence-electron chi connectivity index (χ3n) is 5.09. The molecule has 0 saturated heterocycles. The van der Waals surface area contributed by atoms with Crippen LogP contribution in [0.25, 0.3) is 0 Å². The second-order valence-corrected chi connectivity index (χ2v) is 8.07. The molecule has 3 aromatic carbocycles. The number of aryl methyl sites for hydroxylation is 1. The molecule has 0 bridgehead atoms.